The molecule has 0 fully saturated rings. The van der Waals surface area contributed by atoms with Crippen LogP contribution in [0.4, 0.5) is 0 Å². The second kappa shape index (κ2) is 7.67. The molecule has 1 aromatic carbocycles. The van der Waals surface area contributed by atoms with E-state index in [2.05, 4.69) is 4.74 Å². The van der Waals surface area contributed by atoms with Gasteiger partial charge in [0.1, 0.15) is 11.5 Å². The van der Waals surface area contributed by atoms with Crippen LogP contribution in [-0.4, -0.2) is 44.7 Å². The Hall–Kier alpha value is -2.50. The average Bonchev–Trinajstić information content (AvgIpc) is 2.58. The van der Waals surface area contributed by atoms with Crippen molar-refractivity contribution >= 4 is 11.9 Å². The van der Waals surface area contributed by atoms with Gasteiger partial charge in [0, 0.05) is 30.3 Å². The van der Waals surface area contributed by atoms with Gasteiger partial charge in [0.25, 0.3) is 0 Å². The molecule has 0 unspecified atom stereocenters. The maximum atomic E-state index is 12.5. The maximum absolute atomic E-state index is 12.5. The molecule has 0 bridgehead atoms. The highest BCUT2D eigenvalue weighted by molar-refractivity contribution is 5.98. The molecule has 0 spiro atoms. The van der Waals surface area contributed by atoms with Crippen molar-refractivity contribution in [2.24, 2.45) is 0 Å². The van der Waals surface area contributed by atoms with Crippen LogP contribution < -0.4 is 9.47 Å². The topological polar surface area (TPSA) is 65.1 Å². The number of nitrogens with zero attached hydrogens (tertiary/aromatic N) is 1. The molecule has 0 saturated heterocycles. The van der Waals surface area contributed by atoms with Crippen molar-refractivity contribution < 1.29 is 23.8 Å². The predicted molar refractivity (Wildman–Crippen MR) is 84.3 cm³/mol. The maximum Gasteiger partial charge on any atom is 0.310 e. The molecule has 0 radical (unpaired) electrons. The first-order valence-corrected chi connectivity index (χ1v) is 7.35. The Morgan fingerprint density at radius 1 is 1.22 bits per heavy atom. The van der Waals surface area contributed by atoms with E-state index in [1.54, 1.807) is 31.3 Å². The molecule has 0 N–H and O–H groups in total. The Morgan fingerprint density at radius 3 is 2.65 bits per heavy atom. The first kappa shape index (κ1) is 16.9. The molecule has 1 aliphatic heterocycles. The van der Waals surface area contributed by atoms with E-state index in [4.69, 9.17) is 9.47 Å². The summed E-state index contributed by atoms with van der Waals surface area (Å²) in [5.74, 6) is 0.816. The lowest BCUT2D eigenvalue weighted by molar-refractivity contribution is -0.141. The van der Waals surface area contributed by atoms with Gasteiger partial charge in [0.15, 0.2) is 0 Å². The van der Waals surface area contributed by atoms with Gasteiger partial charge < -0.3 is 19.1 Å². The van der Waals surface area contributed by atoms with Crippen molar-refractivity contribution in [1.82, 2.24) is 4.90 Å². The summed E-state index contributed by atoms with van der Waals surface area (Å²) in [4.78, 5) is 25.6. The van der Waals surface area contributed by atoms with E-state index in [9.17, 15) is 9.59 Å². The third kappa shape index (κ3) is 4.03. The normalized spacial score (nSPS) is 14.3. The Labute approximate surface area is 135 Å². The molecule has 124 valence electrons. The first-order valence-electron chi connectivity index (χ1n) is 7.35. The lowest BCUT2D eigenvalue weighted by Crippen LogP contribution is -2.36. The zero-order chi connectivity index (χ0) is 16.8. The minimum absolute atomic E-state index is 0.00554. The number of carbonyl (C=O) groups is 2. The van der Waals surface area contributed by atoms with Gasteiger partial charge in [-0.1, -0.05) is 6.08 Å². The van der Waals surface area contributed by atoms with Crippen LogP contribution in [0.5, 0.6) is 11.5 Å². The van der Waals surface area contributed by atoms with Crippen molar-refractivity contribution in [2.45, 2.75) is 19.4 Å². The Morgan fingerprint density at radius 2 is 2.00 bits per heavy atom. The number of methoxy groups -OCH3 is 3. The molecule has 0 aliphatic carbocycles. The van der Waals surface area contributed by atoms with Crippen LogP contribution >= 0.6 is 0 Å². The largest absolute Gasteiger partial charge is 0.497 e. The number of amides is 1. The molecule has 2 rings (SSSR count). The van der Waals surface area contributed by atoms with Crippen molar-refractivity contribution in [3.63, 3.8) is 0 Å². The summed E-state index contributed by atoms with van der Waals surface area (Å²) in [6.45, 7) is 1.03. The molecule has 1 amide bonds. The second-order valence-corrected chi connectivity index (χ2v) is 5.18. The van der Waals surface area contributed by atoms with Crippen molar-refractivity contribution in [2.75, 3.05) is 27.9 Å². The molecular formula is C17H21NO5. The Kier molecular flexibility index (Phi) is 5.62. The van der Waals surface area contributed by atoms with Crippen LogP contribution in [0.2, 0.25) is 0 Å². The van der Waals surface area contributed by atoms with Crippen molar-refractivity contribution in [3.05, 3.63) is 35.4 Å². The van der Waals surface area contributed by atoms with Gasteiger partial charge in [-0.3, -0.25) is 9.59 Å². The highest BCUT2D eigenvalue weighted by atomic mass is 16.5. The van der Waals surface area contributed by atoms with Crippen LogP contribution in [0.25, 0.3) is 0 Å². The first-order chi connectivity index (χ1) is 11.1. The van der Waals surface area contributed by atoms with E-state index in [-0.39, 0.29) is 12.3 Å². The van der Waals surface area contributed by atoms with Gasteiger partial charge in [-0.2, -0.15) is 0 Å². The minimum Gasteiger partial charge on any atom is -0.497 e. The number of carbonyl (C=O) groups excluding carboxylic acids is 2. The molecule has 1 aromatic rings. The molecular weight excluding hydrogens is 298 g/mol. The van der Waals surface area contributed by atoms with Gasteiger partial charge in [-0.05, 0) is 18.6 Å². The van der Waals surface area contributed by atoms with E-state index in [1.165, 1.54) is 7.11 Å². The van der Waals surface area contributed by atoms with E-state index >= 15 is 0 Å². The molecule has 0 saturated carbocycles. The van der Waals surface area contributed by atoms with E-state index in [1.807, 2.05) is 12.1 Å². The summed E-state index contributed by atoms with van der Waals surface area (Å²) in [6, 6.07) is 5.50. The lowest BCUT2D eigenvalue weighted by Gasteiger charge is -2.27. The minimum atomic E-state index is -0.409. The summed E-state index contributed by atoms with van der Waals surface area (Å²) < 4.78 is 15.2. The van der Waals surface area contributed by atoms with Crippen LogP contribution in [0, 0.1) is 0 Å². The molecule has 1 aliphatic rings. The molecule has 6 heteroatoms. The van der Waals surface area contributed by atoms with Crippen LogP contribution in [-0.2, 0) is 20.9 Å². The lowest BCUT2D eigenvalue weighted by atomic mass is 10.0. The standard InChI is InChI=1S/C17H21NO5/c1-21-14-7-6-13(15(10-14)22-2)11-18-8-4-5-12(17(18)20)9-16(19)23-3/h5-7,10H,4,8-9,11H2,1-3H3. The summed E-state index contributed by atoms with van der Waals surface area (Å²) >= 11 is 0. The molecule has 0 atom stereocenters. The van der Waals surface area contributed by atoms with Gasteiger partial charge in [-0.15, -0.1) is 0 Å². The summed E-state index contributed by atoms with van der Waals surface area (Å²) in [7, 11) is 4.49. The number of ether oxygens (including phenoxy) is 3. The van der Waals surface area contributed by atoms with Crippen LogP contribution in [0.1, 0.15) is 18.4 Å². The predicted octanol–water partition coefficient (Wildman–Crippen LogP) is 1.93. The number of rotatable bonds is 6. The number of hydrogen-bond donors (Lipinski definition) is 0. The van der Waals surface area contributed by atoms with Crippen LogP contribution in [0.3, 0.4) is 0 Å². The van der Waals surface area contributed by atoms with Crippen LogP contribution in [0.15, 0.2) is 29.8 Å². The number of hydrogen-bond acceptors (Lipinski definition) is 5. The zero-order valence-corrected chi connectivity index (χ0v) is 13.6. The third-order valence-electron chi connectivity index (χ3n) is 3.77. The quantitative estimate of drug-likeness (QED) is 0.750. The summed E-state index contributed by atoms with van der Waals surface area (Å²) in [5, 5.41) is 0. The molecule has 6 nitrogen and oxygen atoms in total. The third-order valence-corrected chi connectivity index (χ3v) is 3.77. The SMILES string of the molecule is COC(=O)CC1=CCCN(Cc2ccc(OC)cc2OC)C1=O. The molecule has 23 heavy (non-hydrogen) atoms. The fourth-order valence-corrected chi connectivity index (χ4v) is 2.50. The van der Waals surface area contributed by atoms with E-state index in [0.29, 0.717) is 30.2 Å². The Balaban J connectivity index is 2.13. The molecule has 1 heterocycles. The summed E-state index contributed by atoms with van der Waals surface area (Å²) in [6.07, 6.45) is 2.53. The fourth-order valence-electron chi connectivity index (χ4n) is 2.50. The van der Waals surface area contributed by atoms with Crippen molar-refractivity contribution in [1.29, 1.82) is 0 Å². The van der Waals surface area contributed by atoms with Crippen molar-refractivity contribution in [3.8, 4) is 11.5 Å². The Bertz CT molecular complexity index is 623. The zero-order valence-electron chi connectivity index (χ0n) is 13.6. The molecule has 0 aromatic heterocycles. The highest BCUT2D eigenvalue weighted by Crippen LogP contribution is 2.27. The van der Waals surface area contributed by atoms with E-state index in [0.717, 1.165) is 12.0 Å². The average molecular weight is 319 g/mol. The monoisotopic (exact) mass is 319 g/mol. The van der Waals surface area contributed by atoms with Gasteiger partial charge in [0.05, 0.1) is 27.8 Å². The summed E-state index contributed by atoms with van der Waals surface area (Å²) in [5.41, 5.74) is 1.37. The smallest absolute Gasteiger partial charge is 0.310 e. The van der Waals surface area contributed by atoms with Gasteiger partial charge in [-0.25, -0.2) is 0 Å². The van der Waals surface area contributed by atoms with E-state index < -0.39 is 5.97 Å². The van der Waals surface area contributed by atoms with Gasteiger partial charge in [0.2, 0.25) is 5.91 Å². The second-order valence-electron chi connectivity index (χ2n) is 5.18. The highest BCUT2D eigenvalue weighted by Gasteiger charge is 2.24. The fraction of sp³-hybridized carbons (Fsp3) is 0.412. The van der Waals surface area contributed by atoms with Gasteiger partial charge >= 0.3 is 5.97 Å². The number of esters is 1. The number of benzene rings is 1.